The molecule has 5 heteroatoms. The van der Waals surface area contributed by atoms with Crippen molar-refractivity contribution in [3.05, 3.63) is 36.0 Å². The van der Waals surface area contributed by atoms with Crippen LogP contribution in [0.25, 0.3) is 10.9 Å². The number of carbonyl (C=O) groups excluding carboxylic acids is 1. The first kappa shape index (κ1) is 13.5. The molecule has 2 rings (SSSR count). The zero-order valence-corrected chi connectivity index (χ0v) is 11.6. The van der Waals surface area contributed by atoms with Gasteiger partial charge in [-0.15, -0.1) is 0 Å². The summed E-state index contributed by atoms with van der Waals surface area (Å²) in [5, 5.41) is 1.10. The Hall–Kier alpha value is -1.88. The quantitative estimate of drug-likeness (QED) is 0.672. The molecule has 0 saturated heterocycles. The van der Waals surface area contributed by atoms with Gasteiger partial charge in [0, 0.05) is 35.6 Å². The van der Waals surface area contributed by atoms with Crippen LogP contribution in [0.5, 0.6) is 0 Å². The van der Waals surface area contributed by atoms with Gasteiger partial charge in [-0.2, -0.15) is 0 Å². The largest absolute Gasteiger partial charge is 0.469 e. The number of hydrogen-bond donors (Lipinski definition) is 1. The highest BCUT2D eigenvalue weighted by Crippen LogP contribution is 2.18. The summed E-state index contributed by atoms with van der Waals surface area (Å²) in [7, 11) is 1.41. The summed E-state index contributed by atoms with van der Waals surface area (Å²) in [5.74, 6) is -0.174. The van der Waals surface area contributed by atoms with Crippen molar-refractivity contribution in [1.29, 1.82) is 0 Å². The molecular formula is C14H16N2O2S. The fourth-order valence-electron chi connectivity index (χ4n) is 2.04. The van der Waals surface area contributed by atoms with Gasteiger partial charge >= 0.3 is 5.97 Å². The van der Waals surface area contributed by atoms with Crippen molar-refractivity contribution < 1.29 is 9.53 Å². The summed E-state index contributed by atoms with van der Waals surface area (Å²) in [6.07, 6.45) is 3.19. The van der Waals surface area contributed by atoms with Crippen LogP contribution in [0, 0.1) is 0 Å². The molecule has 1 heterocycles. The van der Waals surface area contributed by atoms with E-state index in [-0.39, 0.29) is 5.97 Å². The monoisotopic (exact) mass is 276 g/mol. The molecule has 2 N–H and O–H groups in total. The van der Waals surface area contributed by atoms with E-state index < -0.39 is 0 Å². The van der Waals surface area contributed by atoms with Crippen LogP contribution in [-0.4, -0.2) is 22.6 Å². The van der Waals surface area contributed by atoms with Gasteiger partial charge in [-0.3, -0.25) is 4.79 Å². The molecular weight excluding hydrogens is 260 g/mol. The summed E-state index contributed by atoms with van der Waals surface area (Å²) in [6, 6.07) is 7.92. The second-order valence-electron chi connectivity index (χ2n) is 4.33. The highest BCUT2D eigenvalue weighted by atomic mass is 32.1. The third-order valence-electron chi connectivity index (χ3n) is 3.06. The Morgan fingerprint density at radius 3 is 2.89 bits per heavy atom. The van der Waals surface area contributed by atoms with Crippen LogP contribution < -0.4 is 5.73 Å². The number of aryl methyl sites for hydroxylation is 1. The molecule has 19 heavy (non-hydrogen) atoms. The fourth-order valence-corrected chi connectivity index (χ4v) is 2.17. The molecule has 2 aromatic rings. The maximum Gasteiger partial charge on any atom is 0.305 e. The Morgan fingerprint density at radius 1 is 1.42 bits per heavy atom. The Balaban J connectivity index is 2.12. The number of hydrogen-bond acceptors (Lipinski definition) is 3. The molecule has 1 aromatic carbocycles. The molecule has 0 bridgehead atoms. The van der Waals surface area contributed by atoms with Crippen LogP contribution in [0.1, 0.15) is 18.4 Å². The van der Waals surface area contributed by atoms with Crippen LogP contribution in [0.4, 0.5) is 0 Å². The van der Waals surface area contributed by atoms with Crippen LogP contribution in [0.3, 0.4) is 0 Å². The highest BCUT2D eigenvalue weighted by molar-refractivity contribution is 7.80. The van der Waals surface area contributed by atoms with Gasteiger partial charge in [-0.05, 0) is 30.7 Å². The van der Waals surface area contributed by atoms with Gasteiger partial charge in [0.25, 0.3) is 0 Å². The molecule has 0 radical (unpaired) electrons. The number of carbonyl (C=O) groups is 1. The summed E-state index contributed by atoms with van der Waals surface area (Å²) < 4.78 is 6.74. The molecule has 0 amide bonds. The SMILES string of the molecule is COC(=O)CCCn1ccc2cc(C(N)=S)ccc21. The molecule has 0 atom stereocenters. The zero-order valence-electron chi connectivity index (χ0n) is 10.8. The van der Waals surface area contributed by atoms with Crippen molar-refractivity contribution >= 4 is 34.1 Å². The number of nitrogens with zero attached hydrogens (tertiary/aromatic N) is 1. The number of nitrogens with two attached hydrogens (primary N) is 1. The molecule has 1 aromatic heterocycles. The van der Waals surface area contributed by atoms with E-state index in [2.05, 4.69) is 9.30 Å². The lowest BCUT2D eigenvalue weighted by atomic mass is 10.1. The van der Waals surface area contributed by atoms with Crippen LogP contribution in [-0.2, 0) is 16.1 Å². The summed E-state index contributed by atoms with van der Waals surface area (Å²) in [5.41, 5.74) is 7.60. The number of fused-ring (bicyclic) bond motifs is 1. The molecule has 0 saturated carbocycles. The van der Waals surface area contributed by atoms with Gasteiger partial charge in [-0.25, -0.2) is 0 Å². The topological polar surface area (TPSA) is 57.2 Å². The van der Waals surface area contributed by atoms with Gasteiger partial charge in [0.2, 0.25) is 0 Å². The van der Waals surface area contributed by atoms with Crippen LogP contribution in [0.2, 0.25) is 0 Å². The molecule has 0 aliphatic carbocycles. The van der Waals surface area contributed by atoms with Crippen molar-refractivity contribution in [2.24, 2.45) is 5.73 Å². The van der Waals surface area contributed by atoms with E-state index in [0.29, 0.717) is 11.4 Å². The predicted octanol–water partition coefficient (Wildman–Crippen LogP) is 2.23. The van der Waals surface area contributed by atoms with E-state index in [9.17, 15) is 4.79 Å². The van der Waals surface area contributed by atoms with Crippen molar-refractivity contribution in [3.8, 4) is 0 Å². The van der Waals surface area contributed by atoms with Gasteiger partial charge in [-0.1, -0.05) is 12.2 Å². The maximum atomic E-state index is 11.1. The van der Waals surface area contributed by atoms with Crippen LogP contribution in [0.15, 0.2) is 30.5 Å². The minimum absolute atomic E-state index is 0.174. The number of ether oxygens (including phenoxy) is 1. The summed E-state index contributed by atoms with van der Waals surface area (Å²) in [4.78, 5) is 11.5. The van der Waals surface area contributed by atoms with Crippen molar-refractivity contribution in [2.45, 2.75) is 19.4 Å². The van der Waals surface area contributed by atoms with E-state index in [1.54, 1.807) is 0 Å². The standard InChI is InChI=1S/C14H16N2O2S/c1-18-13(17)3-2-7-16-8-6-10-9-11(14(15)19)4-5-12(10)16/h4-6,8-9H,2-3,7H2,1H3,(H2,15,19). The Bertz CT molecular complexity index is 619. The van der Waals surface area contributed by atoms with Crippen LogP contribution >= 0.6 is 12.2 Å². The smallest absolute Gasteiger partial charge is 0.305 e. The zero-order chi connectivity index (χ0) is 13.8. The number of aromatic nitrogens is 1. The molecule has 0 aliphatic heterocycles. The van der Waals surface area contributed by atoms with E-state index in [1.165, 1.54) is 7.11 Å². The number of thiocarbonyl (C=S) groups is 1. The minimum atomic E-state index is -0.174. The maximum absolute atomic E-state index is 11.1. The van der Waals surface area contributed by atoms with Gasteiger partial charge in [0.15, 0.2) is 0 Å². The first-order valence-electron chi connectivity index (χ1n) is 6.07. The lowest BCUT2D eigenvalue weighted by Crippen LogP contribution is -2.09. The normalized spacial score (nSPS) is 10.6. The van der Waals surface area contributed by atoms with Crippen molar-refractivity contribution in [2.75, 3.05) is 7.11 Å². The van der Waals surface area contributed by atoms with E-state index in [1.807, 2.05) is 30.5 Å². The molecule has 0 unspecified atom stereocenters. The molecule has 0 aliphatic rings. The summed E-state index contributed by atoms with van der Waals surface area (Å²) in [6.45, 7) is 0.783. The van der Waals surface area contributed by atoms with E-state index in [4.69, 9.17) is 18.0 Å². The number of esters is 1. The number of benzene rings is 1. The first-order chi connectivity index (χ1) is 9.11. The van der Waals surface area contributed by atoms with Gasteiger partial charge in [0.1, 0.15) is 4.99 Å². The number of methoxy groups -OCH3 is 1. The first-order valence-corrected chi connectivity index (χ1v) is 6.48. The van der Waals surface area contributed by atoms with Gasteiger partial charge in [0.05, 0.1) is 7.11 Å². The Labute approximate surface area is 117 Å². The minimum Gasteiger partial charge on any atom is -0.469 e. The third-order valence-corrected chi connectivity index (χ3v) is 3.30. The van der Waals surface area contributed by atoms with E-state index in [0.717, 1.165) is 29.4 Å². The lowest BCUT2D eigenvalue weighted by Gasteiger charge is -2.05. The van der Waals surface area contributed by atoms with Crippen molar-refractivity contribution in [3.63, 3.8) is 0 Å². The number of rotatable bonds is 5. The Morgan fingerprint density at radius 2 is 2.21 bits per heavy atom. The third kappa shape index (κ3) is 3.12. The molecule has 100 valence electrons. The average Bonchev–Trinajstić information content (AvgIpc) is 2.81. The highest BCUT2D eigenvalue weighted by Gasteiger charge is 2.05. The molecule has 4 nitrogen and oxygen atoms in total. The van der Waals surface area contributed by atoms with Crippen molar-refractivity contribution in [1.82, 2.24) is 4.57 Å². The molecule has 0 fully saturated rings. The van der Waals surface area contributed by atoms with E-state index >= 15 is 0 Å². The lowest BCUT2D eigenvalue weighted by molar-refractivity contribution is -0.140. The second kappa shape index (κ2) is 5.84. The molecule has 0 spiro atoms. The summed E-state index contributed by atoms with van der Waals surface area (Å²) >= 11 is 4.96. The average molecular weight is 276 g/mol. The van der Waals surface area contributed by atoms with Gasteiger partial charge < -0.3 is 15.0 Å². The Kier molecular flexibility index (Phi) is 4.16. The second-order valence-corrected chi connectivity index (χ2v) is 4.77. The fraction of sp³-hybridized carbons (Fsp3) is 0.286. The predicted molar refractivity (Wildman–Crippen MR) is 79.1 cm³/mol.